The van der Waals surface area contributed by atoms with Crippen LogP contribution in [0.25, 0.3) is 0 Å². The third-order valence-corrected chi connectivity index (χ3v) is 3.28. The maximum absolute atomic E-state index is 11.9. The van der Waals surface area contributed by atoms with Crippen LogP contribution in [0.15, 0.2) is 33.7 Å². The molecule has 0 radical (unpaired) electrons. The number of pyridine rings is 1. The van der Waals surface area contributed by atoms with Crippen molar-refractivity contribution in [1.82, 2.24) is 9.88 Å². The van der Waals surface area contributed by atoms with E-state index in [1.807, 2.05) is 0 Å². The molecule has 7 heteroatoms. The van der Waals surface area contributed by atoms with Gasteiger partial charge in [0.1, 0.15) is 0 Å². The lowest BCUT2D eigenvalue weighted by Crippen LogP contribution is -2.26. The van der Waals surface area contributed by atoms with Crippen LogP contribution in [0.3, 0.4) is 0 Å². The van der Waals surface area contributed by atoms with Gasteiger partial charge in [-0.05, 0) is 34.3 Å². The van der Waals surface area contributed by atoms with Crippen LogP contribution in [0.5, 0.6) is 0 Å². The topological polar surface area (TPSA) is 77.2 Å². The van der Waals surface area contributed by atoms with Crippen LogP contribution in [0.1, 0.15) is 12.8 Å². The van der Waals surface area contributed by atoms with Crippen molar-refractivity contribution in [2.75, 3.05) is 6.54 Å². The molecule has 2 rings (SSSR count). The SMILES string of the molecule is C=C(CNC1CC1)Cn1cc(Br)cc([N+](=O)[O-])c1=O. The number of aromatic nitrogens is 1. The zero-order chi connectivity index (χ0) is 14.0. The number of nitro groups is 1. The van der Waals surface area contributed by atoms with E-state index < -0.39 is 16.2 Å². The summed E-state index contributed by atoms with van der Waals surface area (Å²) in [6, 6.07) is 1.77. The minimum Gasteiger partial charge on any atom is -0.310 e. The predicted molar refractivity (Wildman–Crippen MR) is 75.2 cm³/mol. The first kappa shape index (κ1) is 14.0. The van der Waals surface area contributed by atoms with E-state index >= 15 is 0 Å². The normalized spacial score (nSPS) is 14.4. The molecule has 1 aromatic rings. The van der Waals surface area contributed by atoms with Gasteiger partial charge in [0.25, 0.3) is 0 Å². The van der Waals surface area contributed by atoms with Gasteiger partial charge < -0.3 is 9.88 Å². The van der Waals surface area contributed by atoms with Crippen molar-refractivity contribution < 1.29 is 4.92 Å². The van der Waals surface area contributed by atoms with E-state index in [1.54, 1.807) is 0 Å². The van der Waals surface area contributed by atoms with E-state index in [9.17, 15) is 14.9 Å². The third-order valence-electron chi connectivity index (χ3n) is 2.84. The molecule has 19 heavy (non-hydrogen) atoms. The van der Waals surface area contributed by atoms with E-state index in [1.165, 1.54) is 29.7 Å². The van der Waals surface area contributed by atoms with Gasteiger partial charge in [0.15, 0.2) is 0 Å². The molecule has 0 aliphatic heterocycles. The van der Waals surface area contributed by atoms with Crippen LogP contribution in [-0.4, -0.2) is 22.1 Å². The van der Waals surface area contributed by atoms with Crippen LogP contribution in [0, 0.1) is 10.1 Å². The number of hydrogen-bond donors (Lipinski definition) is 1. The molecule has 0 unspecified atom stereocenters. The van der Waals surface area contributed by atoms with Gasteiger partial charge >= 0.3 is 11.2 Å². The molecule has 0 spiro atoms. The van der Waals surface area contributed by atoms with Crippen LogP contribution in [0.4, 0.5) is 5.69 Å². The molecule has 0 atom stereocenters. The summed E-state index contributed by atoms with van der Waals surface area (Å²) in [4.78, 5) is 22.0. The van der Waals surface area contributed by atoms with Crippen molar-refractivity contribution in [3.63, 3.8) is 0 Å². The fourth-order valence-corrected chi connectivity index (χ4v) is 2.17. The largest absolute Gasteiger partial charge is 0.335 e. The molecule has 1 saturated carbocycles. The molecule has 0 aromatic carbocycles. The molecule has 1 aliphatic rings. The monoisotopic (exact) mass is 327 g/mol. The predicted octanol–water partition coefficient (Wildman–Crippen LogP) is 1.83. The van der Waals surface area contributed by atoms with E-state index in [4.69, 9.17) is 0 Å². The zero-order valence-corrected chi connectivity index (χ0v) is 11.9. The Morgan fingerprint density at radius 2 is 2.32 bits per heavy atom. The summed E-state index contributed by atoms with van der Waals surface area (Å²) in [7, 11) is 0. The highest BCUT2D eigenvalue weighted by Gasteiger charge is 2.20. The van der Waals surface area contributed by atoms with Gasteiger partial charge in [-0.3, -0.25) is 14.9 Å². The average Bonchev–Trinajstić information content (AvgIpc) is 3.14. The first-order valence-electron chi connectivity index (χ1n) is 5.92. The van der Waals surface area contributed by atoms with E-state index in [0.717, 1.165) is 5.57 Å². The maximum Gasteiger partial charge on any atom is 0.335 e. The lowest BCUT2D eigenvalue weighted by molar-refractivity contribution is -0.386. The molecule has 1 aliphatic carbocycles. The number of nitrogens with zero attached hydrogens (tertiary/aromatic N) is 2. The Morgan fingerprint density at radius 3 is 2.89 bits per heavy atom. The molecule has 0 bridgehead atoms. The van der Waals surface area contributed by atoms with Gasteiger partial charge in [-0.15, -0.1) is 0 Å². The van der Waals surface area contributed by atoms with Gasteiger partial charge in [-0.25, -0.2) is 0 Å². The first-order chi connectivity index (χ1) is 8.97. The Hall–Kier alpha value is -1.47. The van der Waals surface area contributed by atoms with E-state index in [2.05, 4.69) is 27.8 Å². The van der Waals surface area contributed by atoms with Gasteiger partial charge in [0, 0.05) is 35.9 Å². The summed E-state index contributed by atoms with van der Waals surface area (Å²) < 4.78 is 1.81. The molecular formula is C12H14BrN3O3. The minimum absolute atomic E-state index is 0.277. The summed E-state index contributed by atoms with van der Waals surface area (Å²) in [5.41, 5.74) is -0.223. The highest BCUT2D eigenvalue weighted by Crippen LogP contribution is 2.19. The lowest BCUT2D eigenvalue weighted by Gasteiger charge is -2.09. The molecule has 1 fully saturated rings. The fourth-order valence-electron chi connectivity index (χ4n) is 1.71. The Morgan fingerprint density at radius 1 is 1.63 bits per heavy atom. The highest BCUT2D eigenvalue weighted by molar-refractivity contribution is 9.10. The van der Waals surface area contributed by atoms with Crippen molar-refractivity contribution in [2.45, 2.75) is 25.4 Å². The Kier molecular flexibility index (Phi) is 4.16. The number of rotatable bonds is 6. The molecule has 102 valence electrons. The molecule has 6 nitrogen and oxygen atoms in total. The van der Waals surface area contributed by atoms with Crippen molar-refractivity contribution in [3.05, 3.63) is 49.4 Å². The van der Waals surface area contributed by atoms with Gasteiger partial charge in [0.2, 0.25) is 0 Å². The van der Waals surface area contributed by atoms with Crippen molar-refractivity contribution in [2.24, 2.45) is 0 Å². The highest BCUT2D eigenvalue weighted by atomic mass is 79.9. The second kappa shape index (κ2) is 5.66. The average molecular weight is 328 g/mol. The smallest absolute Gasteiger partial charge is 0.310 e. The quantitative estimate of drug-likeness (QED) is 0.491. The van der Waals surface area contributed by atoms with Crippen molar-refractivity contribution in [1.29, 1.82) is 0 Å². The summed E-state index contributed by atoms with van der Waals surface area (Å²) in [6.45, 7) is 4.79. The summed E-state index contributed by atoms with van der Waals surface area (Å²) in [5.74, 6) is 0. The number of hydrogen-bond acceptors (Lipinski definition) is 4. The Bertz CT molecular complexity index is 578. The molecule has 1 N–H and O–H groups in total. The van der Waals surface area contributed by atoms with Crippen LogP contribution in [-0.2, 0) is 6.54 Å². The molecule has 1 aromatic heterocycles. The Balaban J connectivity index is 2.12. The molecule has 0 saturated heterocycles. The van der Waals surface area contributed by atoms with Crippen LogP contribution in [0.2, 0.25) is 0 Å². The summed E-state index contributed by atoms with van der Waals surface area (Å²) in [6.07, 6.45) is 3.89. The third kappa shape index (κ3) is 3.74. The zero-order valence-electron chi connectivity index (χ0n) is 10.3. The molecule has 1 heterocycles. The van der Waals surface area contributed by atoms with Gasteiger partial charge in [0.05, 0.1) is 4.92 Å². The first-order valence-corrected chi connectivity index (χ1v) is 6.71. The van der Waals surface area contributed by atoms with Gasteiger partial charge in [-0.2, -0.15) is 0 Å². The van der Waals surface area contributed by atoms with Gasteiger partial charge in [-0.1, -0.05) is 6.58 Å². The van der Waals surface area contributed by atoms with E-state index in [0.29, 0.717) is 17.1 Å². The van der Waals surface area contributed by atoms with Crippen LogP contribution < -0.4 is 10.9 Å². The summed E-state index contributed by atoms with van der Waals surface area (Å²) in [5, 5.41) is 14.1. The van der Waals surface area contributed by atoms with Crippen molar-refractivity contribution in [3.8, 4) is 0 Å². The summed E-state index contributed by atoms with van der Waals surface area (Å²) >= 11 is 3.17. The second-order valence-corrected chi connectivity index (χ2v) is 5.55. The second-order valence-electron chi connectivity index (χ2n) is 4.64. The standard InChI is InChI=1S/C12H14BrN3O3/c1-8(5-14-10-2-3-10)6-15-7-9(13)4-11(12(15)17)16(18)19/h4,7,10,14H,1-3,5-6H2. The molecular weight excluding hydrogens is 314 g/mol. The molecule has 0 amide bonds. The maximum atomic E-state index is 11.9. The van der Waals surface area contributed by atoms with E-state index in [-0.39, 0.29) is 6.54 Å². The van der Waals surface area contributed by atoms with Crippen molar-refractivity contribution >= 4 is 21.6 Å². The lowest BCUT2D eigenvalue weighted by atomic mass is 10.3. The Labute approximate surface area is 118 Å². The number of halogens is 1. The van der Waals surface area contributed by atoms with Crippen LogP contribution >= 0.6 is 15.9 Å². The minimum atomic E-state index is -0.672. The fraction of sp³-hybridized carbons (Fsp3) is 0.417. The number of nitrogens with one attached hydrogen (secondary N) is 1.